The third-order valence-electron chi connectivity index (χ3n) is 3.39. The van der Waals surface area contributed by atoms with E-state index in [1.807, 2.05) is 38.4 Å². The Bertz CT molecular complexity index is 846. The molecule has 0 unspecified atom stereocenters. The molecule has 0 spiro atoms. The first-order chi connectivity index (χ1) is 9.58. The van der Waals surface area contributed by atoms with Crippen molar-refractivity contribution >= 4 is 10.9 Å². The van der Waals surface area contributed by atoms with Gasteiger partial charge in [-0.2, -0.15) is 5.10 Å². The van der Waals surface area contributed by atoms with E-state index >= 15 is 0 Å². The number of aromatic hydroxyl groups is 1. The summed E-state index contributed by atoms with van der Waals surface area (Å²) in [4.78, 5) is 14.4. The van der Waals surface area contributed by atoms with E-state index in [0.29, 0.717) is 12.1 Å². The number of rotatable bonds is 2. The Hall–Kier alpha value is -2.56. The van der Waals surface area contributed by atoms with E-state index in [1.165, 1.54) is 6.07 Å². The first kappa shape index (κ1) is 12.5. The van der Waals surface area contributed by atoms with Crippen molar-refractivity contribution in [3.05, 3.63) is 46.4 Å². The van der Waals surface area contributed by atoms with Crippen LogP contribution in [0.15, 0.2) is 35.3 Å². The van der Waals surface area contributed by atoms with E-state index in [0.717, 1.165) is 22.0 Å². The van der Waals surface area contributed by atoms with Crippen LogP contribution in [0, 0.1) is 0 Å². The standard InChI is InChI=1S/C15H15N3O2/c1-3-11-13(19)7-14(20)16-15(11)9-4-5-12-10(6-9)8-18(2)17-12/h4-8H,3H2,1-2H3,(H2,16,19,20). The van der Waals surface area contributed by atoms with Crippen LogP contribution in [0.3, 0.4) is 0 Å². The number of hydrogen-bond donors (Lipinski definition) is 2. The van der Waals surface area contributed by atoms with Gasteiger partial charge < -0.3 is 10.1 Å². The van der Waals surface area contributed by atoms with E-state index in [1.54, 1.807) is 4.68 Å². The lowest BCUT2D eigenvalue weighted by Crippen LogP contribution is -2.07. The Morgan fingerprint density at radius 2 is 2.15 bits per heavy atom. The van der Waals surface area contributed by atoms with Crippen LogP contribution in [0.25, 0.3) is 22.2 Å². The molecule has 0 aliphatic heterocycles. The van der Waals surface area contributed by atoms with Crippen LogP contribution in [0.2, 0.25) is 0 Å². The van der Waals surface area contributed by atoms with E-state index in [9.17, 15) is 9.90 Å². The van der Waals surface area contributed by atoms with Crippen LogP contribution in [0.1, 0.15) is 12.5 Å². The van der Waals surface area contributed by atoms with Gasteiger partial charge in [0.05, 0.1) is 11.2 Å². The SMILES string of the molecule is CCc1c(O)cc(=O)[nH]c1-c1ccc2nn(C)cc2c1. The van der Waals surface area contributed by atoms with Crippen molar-refractivity contribution in [3.8, 4) is 17.0 Å². The topological polar surface area (TPSA) is 70.9 Å². The van der Waals surface area contributed by atoms with Crippen molar-refractivity contribution in [2.24, 2.45) is 7.05 Å². The Balaban J connectivity index is 2.26. The molecule has 5 nitrogen and oxygen atoms in total. The van der Waals surface area contributed by atoms with Gasteiger partial charge in [0.15, 0.2) is 0 Å². The van der Waals surface area contributed by atoms with E-state index in [-0.39, 0.29) is 11.3 Å². The molecule has 5 heteroatoms. The number of hydrogen-bond acceptors (Lipinski definition) is 3. The van der Waals surface area contributed by atoms with Crippen molar-refractivity contribution in [1.29, 1.82) is 0 Å². The number of aromatic amines is 1. The molecule has 0 saturated heterocycles. The summed E-state index contributed by atoms with van der Waals surface area (Å²) in [6, 6.07) is 6.99. The molecule has 1 aromatic carbocycles. The van der Waals surface area contributed by atoms with Gasteiger partial charge in [-0.05, 0) is 24.1 Å². The molecule has 20 heavy (non-hydrogen) atoms. The highest BCUT2D eigenvalue weighted by molar-refractivity contribution is 5.84. The monoisotopic (exact) mass is 269 g/mol. The first-order valence-corrected chi connectivity index (χ1v) is 6.47. The molecule has 0 amide bonds. The number of benzene rings is 1. The molecular formula is C15H15N3O2. The number of aryl methyl sites for hydroxylation is 1. The van der Waals surface area contributed by atoms with Gasteiger partial charge in [0.1, 0.15) is 5.75 Å². The molecule has 0 bridgehead atoms. The summed E-state index contributed by atoms with van der Waals surface area (Å²) in [6.07, 6.45) is 2.56. The van der Waals surface area contributed by atoms with Crippen LogP contribution >= 0.6 is 0 Å². The summed E-state index contributed by atoms with van der Waals surface area (Å²) >= 11 is 0. The lowest BCUT2D eigenvalue weighted by molar-refractivity contribution is 0.467. The minimum absolute atomic E-state index is 0.0394. The molecule has 2 heterocycles. The minimum atomic E-state index is -0.305. The van der Waals surface area contributed by atoms with Crippen LogP contribution in [-0.4, -0.2) is 19.9 Å². The number of fused-ring (bicyclic) bond motifs is 1. The van der Waals surface area contributed by atoms with Crippen molar-refractivity contribution in [2.75, 3.05) is 0 Å². The Morgan fingerprint density at radius 1 is 1.35 bits per heavy atom. The molecule has 0 radical (unpaired) electrons. The summed E-state index contributed by atoms with van der Waals surface area (Å²) < 4.78 is 1.75. The van der Waals surface area contributed by atoms with Crippen LogP contribution < -0.4 is 5.56 Å². The van der Waals surface area contributed by atoms with Gasteiger partial charge in [0.2, 0.25) is 0 Å². The molecule has 0 atom stereocenters. The first-order valence-electron chi connectivity index (χ1n) is 6.47. The smallest absolute Gasteiger partial charge is 0.252 e. The Labute approximate surface area is 115 Å². The average Bonchev–Trinajstić information content (AvgIpc) is 2.76. The van der Waals surface area contributed by atoms with Gasteiger partial charge >= 0.3 is 0 Å². The Kier molecular flexibility index (Phi) is 2.82. The quantitative estimate of drug-likeness (QED) is 0.749. The number of pyridine rings is 1. The van der Waals surface area contributed by atoms with Crippen LogP contribution in [-0.2, 0) is 13.5 Å². The summed E-state index contributed by atoms with van der Waals surface area (Å²) in [7, 11) is 1.87. The van der Waals surface area contributed by atoms with Gasteiger partial charge in [-0.1, -0.05) is 13.0 Å². The van der Waals surface area contributed by atoms with Crippen LogP contribution in [0.4, 0.5) is 0 Å². The molecule has 2 aromatic heterocycles. The van der Waals surface area contributed by atoms with E-state index in [4.69, 9.17) is 0 Å². The fourth-order valence-corrected chi connectivity index (χ4v) is 2.48. The predicted octanol–water partition coefficient (Wildman–Crippen LogP) is 2.20. The zero-order valence-electron chi connectivity index (χ0n) is 11.3. The highest BCUT2D eigenvalue weighted by Gasteiger charge is 2.11. The molecule has 2 N–H and O–H groups in total. The summed E-state index contributed by atoms with van der Waals surface area (Å²) in [5.74, 6) is 0.0394. The number of H-pyrrole nitrogens is 1. The van der Waals surface area contributed by atoms with Crippen molar-refractivity contribution < 1.29 is 5.11 Å². The maximum absolute atomic E-state index is 11.6. The molecule has 3 rings (SSSR count). The van der Waals surface area contributed by atoms with Gasteiger partial charge in [0.25, 0.3) is 5.56 Å². The fourth-order valence-electron chi connectivity index (χ4n) is 2.48. The lowest BCUT2D eigenvalue weighted by Gasteiger charge is -2.09. The molecule has 0 aliphatic rings. The highest BCUT2D eigenvalue weighted by Crippen LogP contribution is 2.29. The maximum atomic E-state index is 11.6. The third kappa shape index (κ3) is 1.97. The average molecular weight is 269 g/mol. The van der Waals surface area contributed by atoms with Crippen LogP contribution in [0.5, 0.6) is 5.75 Å². The highest BCUT2D eigenvalue weighted by atomic mass is 16.3. The van der Waals surface area contributed by atoms with Gasteiger partial charge in [0, 0.05) is 30.3 Å². The second kappa shape index (κ2) is 4.52. The van der Waals surface area contributed by atoms with Crippen molar-refractivity contribution in [2.45, 2.75) is 13.3 Å². The molecular weight excluding hydrogens is 254 g/mol. The molecule has 102 valence electrons. The number of aromatic nitrogens is 3. The van der Waals surface area contributed by atoms with E-state index < -0.39 is 0 Å². The second-order valence-corrected chi connectivity index (χ2v) is 4.80. The minimum Gasteiger partial charge on any atom is -0.507 e. The zero-order chi connectivity index (χ0) is 14.3. The molecule has 3 aromatic rings. The van der Waals surface area contributed by atoms with Crippen molar-refractivity contribution in [1.82, 2.24) is 14.8 Å². The maximum Gasteiger partial charge on any atom is 0.252 e. The summed E-state index contributed by atoms with van der Waals surface area (Å²) in [5.41, 5.74) is 2.88. The Morgan fingerprint density at radius 3 is 2.90 bits per heavy atom. The van der Waals surface area contributed by atoms with Gasteiger partial charge in [-0.15, -0.1) is 0 Å². The third-order valence-corrected chi connectivity index (χ3v) is 3.39. The van der Waals surface area contributed by atoms with Gasteiger partial charge in [-0.25, -0.2) is 0 Å². The normalized spacial score (nSPS) is 11.1. The van der Waals surface area contributed by atoms with Crippen molar-refractivity contribution in [3.63, 3.8) is 0 Å². The second-order valence-electron chi connectivity index (χ2n) is 4.80. The number of nitrogens with one attached hydrogen (secondary N) is 1. The molecule has 0 fully saturated rings. The van der Waals surface area contributed by atoms with E-state index in [2.05, 4.69) is 10.1 Å². The summed E-state index contributed by atoms with van der Waals surface area (Å²) in [6.45, 7) is 1.94. The molecule has 0 aliphatic carbocycles. The van der Waals surface area contributed by atoms with Gasteiger partial charge in [-0.3, -0.25) is 9.48 Å². The fraction of sp³-hybridized carbons (Fsp3) is 0.200. The lowest BCUT2D eigenvalue weighted by atomic mass is 10.0. The zero-order valence-corrected chi connectivity index (χ0v) is 11.3. The largest absolute Gasteiger partial charge is 0.507 e. The predicted molar refractivity (Wildman–Crippen MR) is 77.8 cm³/mol. The molecule has 0 saturated carbocycles. The summed E-state index contributed by atoms with van der Waals surface area (Å²) in [5, 5.41) is 15.2. The number of nitrogens with zero attached hydrogens (tertiary/aromatic N) is 2.